The van der Waals surface area contributed by atoms with E-state index in [9.17, 15) is 0 Å². The maximum absolute atomic E-state index is 4.18. The zero-order valence-corrected chi connectivity index (χ0v) is 65.5. The van der Waals surface area contributed by atoms with Crippen molar-refractivity contribution >= 4 is 17.1 Å². The van der Waals surface area contributed by atoms with Crippen LogP contribution in [-0.4, -0.2) is 37.7 Å². The maximum atomic E-state index is 4.18. The molecule has 0 saturated heterocycles. The van der Waals surface area contributed by atoms with E-state index in [4.69, 9.17) is 0 Å². The van der Waals surface area contributed by atoms with Crippen molar-refractivity contribution in [2.24, 2.45) is 0 Å². The fourth-order valence-electron chi connectivity index (χ4n) is 15.6. The molecule has 0 unspecified atom stereocenters. The molecule has 0 spiro atoms. The minimum Gasteiger partial charge on any atom is -0.384 e. The van der Waals surface area contributed by atoms with Crippen molar-refractivity contribution in [2.45, 2.75) is 237 Å². The average molecular weight is 1320 g/mol. The van der Waals surface area contributed by atoms with E-state index in [0.29, 0.717) is 77.7 Å². The van der Waals surface area contributed by atoms with Crippen molar-refractivity contribution in [3.63, 3.8) is 0 Å². The molecule has 0 heterocycles. The van der Waals surface area contributed by atoms with Gasteiger partial charge in [0.2, 0.25) is 0 Å². The summed E-state index contributed by atoms with van der Waals surface area (Å²) in [4.78, 5) is 2.64. The molecule has 524 valence electrons. The average Bonchev–Trinajstić information content (AvgIpc) is 0.780. The van der Waals surface area contributed by atoms with Crippen molar-refractivity contribution in [1.82, 2.24) is 4.90 Å². The number of rotatable bonds is 29. The van der Waals surface area contributed by atoms with Gasteiger partial charge in [-0.15, -0.1) is 0 Å². The first-order valence-corrected chi connectivity index (χ1v) is 38.2. The van der Waals surface area contributed by atoms with Crippen molar-refractivity contribution in [2.75, 3.05) is 48.8 Å². The van der Waals surface area contributed by atoms with Crippen LogP contribution in [0.4, 0.5) is 17.1 Å². The number of nitrogens with one attached hydrogen (secondary N) is 3. The van der Waals surface area contributed by atoms with Gasteiger partial charge in [0, 0.05) is 43.2 Å². The Hall–Kier alpha value is -7.66. The summed E-state index contributed by atoms with van der Waals surface area (Å²) < 4.78 is 0. The molecule has 0 radical (unpaired) electrons. The third-order valence-corrected chi connectivity index (χ3v) is 20.8. The Balaban J connectivity index is 1.19. The Kier molecular flexibility index (Phi) is 25.3. The lowest BCUT2D eigenvalue weighted by molar-refractivity contribution is 0.315. The Morgan fingerprint density at radius 2 is 0.364 bits per heavy atom. The molecule has 4 nitrogen and oxygen atoms in total. The Bertz CT molecular complexity index is 3610. The summed E-state index contributed by atoms with van der Waals surface area (Å²) in [6, 6.07) is 64.3. The molecule has 0 bridgehead atoms. The van der Waals surface area contributed by atoms with Gasteiger partial charge >= 0.3 is 0 Å². The lowest BCUT2D eigenvalue weighted by Crippen LogP contribution is -2.37. The van der Waals surface area contributed by atoms with E-state index in [2.05, 4.69) is 351 Å². The molecule has 4 heteroatoms. The highest BCUT2D eigenvalue weighted by atomic mass is 15.2. The van der Waals surface area contributed by atoms with Crippen LogP contribution in [0.3, 0.4) is 0 Å². The third kappa shape index (κ3) is 17.4. The van der Waals surface area contributed by atoms with Crippen LogP contribution in [0.2, 0.25) is 0 Å². The highest BCUT2D eigenvalue weighted by Crippen LogP contribution is 2.47. The van der Waals surface area contributed by atoms with E-state index in [1.54, 1.807) is 0 Å². The van der Waals surface area contributed by atoms with Gasteiger partial charge in [0.05, 0.1) is 6.67 Å². The molecule has 0 fully saturated rings. The van der Waals surface area contributed by atoms with Crippen molar-refractivity contribution in [3.8, 4) is 66.8 Å². The van der Waals surface area contributed by atoms with Crippen molar-refractivity contribution in [1.29, 1.82) is 0 Å². The van der Waals surface area contributed by atoms with E-state index in [0.717, 1.165) is 43.2 Å². The Morgan fingerprint density at radius 1 is 0.212 bits per heavy atom. The second-order valence-electron chi connectivity index (χ2n) is 32.4. The minimum atomic E-state index is 0.353. The molecule has 0 aromatic heterocycles. The minimum absolute atomic E-state index is 0.353. The molecular weight excluding hydrogens is 1200 g/mol. The molecule has 0 aliphatic rings. The van der Waals surface area contributed by atoms with E-state index >= 15 is 0 Å². The SMILES string of the molecule is CC(C)c1cccc(C(C)C)c1-c1cc(NCCN(CCNc2cc(-c3c(C(C)C)cccc3C(C)C)cc(-c3c(C(C)C)cccc3C(C)C)c2)CNc2cc(-c3c(C(C)C)cccc3C(C)C)cc(-c3c(C(C)C)cccc3C(C)C)c2)cc(-c2c(C(C)C)cccc2C(C)C)c1. The number of nitrogens with zero attached hydrogens (tertiary/aromatic N) is 1. The molecule has 0 aliphatic heterocycles. The molecule has 99 heavy (non-hydrogen) atoms. The van der Waals surface area contributed by atoms with Gasteiger partial charge in [-0.25, -0.2) is 0 Å². The zero-order chi connectivity index (χ0) is 71.8. The third-order valence-electron chi connectivity index (χ3n) is 20.8. The molecule has 9 aromatic carbocycles. The fraction of sp³-hybridized carbons (Fsp3) is 0.432. The molecule has 0 amide bonds. The smallest absolute Gasteiger partial charge is 0.0679 e. The van der Waals surface area contributed by atoms with Crippen LogP contribution in [0.1, 0.15) is 304 Å². The lowest BCUT2D eigenvalue weighted by Gasteiger charge is -2.27. The summed E-state index contributed by atoms with van der Waals surface area (Å²) in [5.41, 5.74) is 36.1. The fourth-order valence-corrected chi connectivity index (χ4v) is 15.6. The van der Waals surface area contributed by atoms with Gasteiger partial charge in [0.15, 0.2) is 0 Å². The van der Waals surface area contributed by atoms with Crippen LogP contribution < -0.4 is 16.0 Å². The summed E-state index contributed by atoms with van der Waals surface area (Å²) >= 11 is 0. The molecule has 9 rings (SSSR count). The van der Waals surface area contributed by atoms with Gasteiger partial charge in [-0.05, 0) is 259 Å². The van der Waals surface area contributed by atoms with Crippen LogP contribution in [0, 0.1) is 0 Å². The zero-order valence-electron chi connectivity index (χ0n) is 65.5. The summed E-state index contributed by atoms with van der Waals surface area (Å²) in [7, 11) is 0. The number of anilines is 3. The Labute approximate surface area is 601 Å². The summed E-state index contributed by atoms with van der Waals surface area (Å²) in [6.45, 7) is 60.2. The maximum Gasteiger partial charge on any atom is 0.0679 e. The molecule has 9 aromatic rings. The highest BCUT2D eigenvalue weighted by Gasteiger charge is 2.26. The summed E-state index contributed by atoms with van der Waals surface area (Å²) in [5, 5.41) is 12.5. The number of hydrogen-bond donors (Lipinski definition) is 3. The molecular formula is C95H124N4. The second kappa shape index (κ2) is 33.2. The lowest BCUT2D eigenvalue weighted by atomic mass is 9.81. The summed E-state index contributed by atoms with van der Waals surface area (Å²) in [5.74, 6) is 4.30. The number of hydrogen-bond acceptors (Lipinski definition) is 4. The molecule has 0 aliphatic carbocycles. The first kappa shape index (κ1) is 75.5. The van der Waals surface area contributed by atoms with Gasteiger partial charge in [0.25, 0.3) is 0 Å². The number of benzene rings is 9. The molecule has 0 saturated carbocycles. The van der Waals surface area contributed by atoms with Crippen LogP contribution in [-0.2, 0) is 0 Å². The second-order valence-corrected chi connectivity index (χ2v) is 32.4. The van der Waals surface area contributed by atoms with Crippen LogP contribution in [0.15, 0.2) is 164 Å². The van der Waals surface area contributed by atoms with Gasteiger partial charge in [-0.1, -0.05) is 275 Å². The molecule has 0 atom stereocenters. The van der Waals surface area contributed by atoms with Crippen molar-refractivity contribution < 1.29 is 0 Å². The predicted octanol–water partition coefficient (Wildman–Crippen LogP) is 28.1. The van der Waals surface area contributed by atoms with Gasteiger partial charge < -0.3 is 16.0 Å². The van der Waals surface area contributed by atoms with E-state index in [-0.39, 0.29) is 0 Å². The first-order chi connectivity index (χ1) is 47.1. The van der Waals surface area contributed by atoms with Crippen molar-refractivity contribution in [3.05, 3.63) is 231 Å². The topological polar surface area (TPSA) is 39.3 Å². The van der Waals surface area contributed by atoms with Crippen LogP contribution in [0.25, 0.3) is 66.8 Å². The highest BCUT2D eigenvalue weighted by molar-refractivity contribution is 5.87. The van der Waals surface area contributed by atoms with Gasteiger partial charge in [-0.2, -0.15) is 0 Å². The van der Waals surface area contributed by atoms with E-state index in [1.165, 1.54) is 134 Å². The quantitative estimate of drug-likeness (QED) is 0.0409. The van der Waals surface area contributed by atoms with Gasteiger partial charge in [0.1, 0.15) is 0 Å². The normalized spacial score (nSPS) is 12.2. The first-order valence-electron chi connectivity index (χ1n) is 38.2. The predicted molar refractivity (Wildman–Crippen MR) is 438 cm³/mol. The monoisotopic (exact) mass is 1320 g/mol. The Morgan fingerprint density at radius 3 is 0.515 bits per heavy atom. The van der Waals surface area contributed by atoms with Crippen LogP contribution in [0.5, 0.6) is 0 Å². The summed E-state index contributed by atoms with van der Waals surface area (Å²) in [6.07, 6.45) is 0. The standard InChI is InChI=1S/C95H124N4/c1-57(2)78-31-25-32-79(58(3)4)90(78)69-47-70(91-80(59(5)6)33-26-34-81(91)60(7)8)51-75(50-69)96-43-45-99(56-98-77-54-73(94-86(65(17)18)39-29-40-87(94)66(19)20)49-74(55-77)95-88(67(21)22)41-30-42-89(95)68(23)24)46-44-97-76-52-71(92-82(61(9)10)35-27-36-83(92)62(11)12)48-72(53-76)93-84(63(13)14)37-28-38-85(93)64(15)16/h25-42,47-55,57-68,96-98H,43-46,56H2,1-24H3. The van der Waals surface area contributed by atoms with E-state index < -0.39 is 0 Å². The molecule has 3 N–H and O–H groups in total. The van der Waals surface area contributed by atoms with E-state index in [1.807, 2.05) is 0 Å². The largest absolute Gasteiger partial charge is 0.384 e. The van der Waals surface area contributed by atoms with Crippen LogP contribution >= 0.6 is 0 Å². The van der Waals surface area contributed by atoms with Gasteiger partial charge in [-0.3, -0.25) is 4.90 Å².